The van der Waals surface area contributed by atoms with Crippen molar-refractivity contribution in [2.75, 3.05) is 13.1 Å². The maximum atomic E-state index is 13.6. The highest BCUT2D eigenvalue weighted by Gasteiger charge is 2.80. The topological polar surface area (TPSA) is 3.24 Å². The molecular weight excluding hydrogens is 296 g/mol. The fraction of sp³-hybridized carbons (Fsp3) is 0.429. The first-order valence-corrected chi connectivity index (χ1v) is 6.30. The molecule has 0 amide bonds. The van der Waals surface area contributed by atoms with Crippen LogP contribution in [0.2, 0.25) is 0 Å². The number of likely N-dealkylation sites (tertiary alicyclic amines) is 1. The Hall–Kier alpha value is -1.50. The van der Waals surface area contributed by atoms with Gasteiger partial charge in [-0.3, -0.25) is 4.90 Å². The summed E-state index contributed by atoms with van der Waals surface area (Å²) in [4.78, 5) is 1.32. The van der Waals surface area contributed by atoms with E-state index in [1.54, 1.807) is 30.3 Å². The maximum Gasteiger partial charge on any atom is 0.380 e. The van der Waals surface area contributed by atoms with E-state index in [-0.39, 0.29) is 6.54 Å². The average Bonchev–Trinajstić information content (AvgIpc) is 2.87. The second-order valence-electron chi connectivity index (χ2n) is 5.31. The van der Waals surface area contributed by atoms with Gasteiger partial charge in [-0.05, 0) is 5.56 Å². The van der Waals surface area contributed by atoms with Gasteiger partial charge in [0, 0.05) is 30.8 Å². The van der Waals surface area contributed by atoms with E-state index < -0.39 is 42.0 Å². The molecule has 0 atom stereocenters. The fourth-order valence-electron chi connectivity index (χ4n) is 2.80. The molecule has 1 aromatic carbocycles. The summed E-state index contributed by atoms with van der Waals surface area (Å²) in [6, 6.07) is 8.64. The molecule has 2 aliphatic rings. The van der Waals surface area contributed by atoms with E-state index in [2.05, 4.69) is 0 Å². The van der Waals surface area contributed by atoms with Crippen LogP contribution in [0.1, 0.15) is 5.56 Å². The SMILES string of the molecule is FC1(F)C2=C(CN(Cc3ccccc3)C2)C(F)(F)C1(F)F. The minimum Gasteiger partial charge on any atom is -0.291 e. The predicted octanol–water partition coefficient (Wildman–Crippen LogP) is 3.72. The van der Waals surface area contributed by atoms with Crippen molar-refractivity contribution in [3.63, 3.8) is 0 Å². The Morgan fingerprint density at radius 1 is 0.810 bits per heavy atom. The van der Waals surface area contributed by atoms with Gasteiger partial charge >= 0.3 is 17.8 Å². The lowest BCUT2D eigenvalue weighted by atomic mass is 10.1. The molecule has 0 unspecified atom stereocenters. The van der Waals surface area contributed by atoms with E-state index in [1.807, 2.05) is 0 Å². The zero-order chi connectivity index (χ0) is 15.5. The summed E-state index contributed by atoms with van der Waals surface area (Å²) in [7, 11) is 0. The first-order chi connectivity index (χ1) is 9.68. The molecule has 0 aromatic heterocycles. The van der Waals surface area contributed by atoms with Crippen molar-refractivity contribution < 1.29 is 26.3 Å². The van der Waals surface area contributed by atoms with Gasteiger partial charge in [-0.2, -0.15) is 26.3 Å². The second-order valence-corrected chi connectivity index (χ2v) is 5.31. The summed E-state index contributed by atoms with van der Waals surface area (Å²) >= 11 is 0. The van der Waals surface area contributed by atoms with Crippen molar-refractivity contribution >= 4 is 0 Å². The average molecular weight is 307 g/mol. The zero-order valence-corrected chi connectivity index (χ0v) is 10.7. The smallest absolute Gasteiger partial charge is 0.291 e. The highest BCUT2D eigenvalue weighted by Crippen LogP contribution is 2.60. The first-order valence-electron chi connectivity index (χ1n) is 6.30. The van der Waals surface area contributed by atoms with E-state index >= 15 is 0 Å². The van der Waals surface area contributed by atoms with Gasteiger partial charge in [0.1, 0.15) is 0 Å². The van der Waals surface area contributed by atoms with Gasteiger partial charge in [0.2, 0.25) is 0 Å². The van der Waals surface area contributed by atoms with Crippen LogP contribution < -0.4 is 0 Å². The molecule has 0 saturated heterocycles. The molecule has 0 radical (unpaired) electrons. The lowest BCUT2D eigenvalue weighted by molar-refractivity contribution is -0.267. The van der Waals surface area contributed by atoms with Crippen molar-refractivity contribution in [1.82, 2.24) is 4.90 Å². The van der Waals surface area contributed by atoms with Crippen molar-refractivity contribution in [1.29, 1.82) is 0 Å². The molecule has 0 bridgehead atoms. The summed E-state index contributed by atoms with van der Waals surface area (Å²) in [5.41, 5.74) is -1.51. The highest BCUT2D eigenvalue weighted by atomic mass is 19.3. The van der Waals surface area contributed by atoms with E-state index in [9.17, 15) is 26.3 Å². The minimum absolute atomic E-state index is 0.158. The molecule has 0 N–H and O–H groups in total. The summed E-state index contributed by atoms with van der Waals surface area (Å²) < 4.78 is 80.7. The monoisotopic (exact) mass is 307 g/mol. The van der Waals surface area contributed by atoms with E-state index in [4.69, 9.17) is 0 Å². The first kappa shape index (κ1) is 14.4. The summed E-state index contributed by atoms with van der Waals surface area (Å²) in [6.07, 6.45) is 0. The molecule has 1 heterocycles. The Morgan fingerprint density at radius 2 is 1.29 bits per heavy atom. The van der Waals surface area contributed by atoms with E-state index in [1.165, 1.54) is 4.90 Å². The van der Waals surface area contributed by atoms with Crippen molar-refractivity contribution in [3.8, 4) is 0 Å². The number of benzene rings is 1. The minimum atomic E-state index is -5.34. The zero-order valence-electron chi connectivity index (χ0n) is 10.7. The molecule has 0 spiro atoms. The molecule has 0 saturated carbocycles. The van der Waals surface area contributed by atoms with Gasteiger partial charge in [0.25, 0.3) is 0 Å². The Bertz CT molecular complexity index is 563. The standard InChI is InChI=1S/C14H11F6N/c15-12(16)10-7-21(6-9-4-2-1-3-5-9)8-11(10)13(17,18)14(12,19)20/h1-5H,6-8H2. The fourth-order valence-corrected chi connectivity index (χ4v) is 2.80. The van der Waals surface area contributed by atoms with Crippen LogP contribution in [0.15, 0.2) is 41.5 Å². The molecular formula is C14H11F6N. The van der Waals surface area contributed by atoms with Crippen LogP contribution in [0.3, 0.4) is 0 Å². The lowest BCUT2D eigenvalue weighted by Gasteiger charge is -2.29. The molecule has 7 heteroatoms. The molecule has 1 aliphatic carbocycles. The normalized spacial score (nSPS) is 26.2. The van der Waals surface area contributed by atoms with Gasteiger partial charge in [-0.25, -0.2) is 0 Å². The number of halogens is 6. The molecule has 3 rings (SSSR count). The van der Waals surface area contributed by atoms with Gasteiger partial charge in [0.05, 0.1) is 0 Å². The van der Waals surface area contributed by atoms with Crippen molar-refractivity contribution in [2.24, 2.45) is 0 Å². The number of hydrogen-bond donors (Lipinski definition) is 0. The lowest BCUT2D eigenvalue weighted by Crippen LogP contribution is -2.51. The molecule has 114 valence electrons. The number of alkyl halides is 6. The summed E-state index contributed by atoms with van der Waals surface area (Å²) in [6.45, 7) is -0.976. The second kappa shape index (κ2) is 4.25. The van der Waals surface area contributed by atoms with Crippen LogP contribution in [0.25, 0.3) is 0 Å². The largest absolute Gasteiger partial charge is 0.380 e. The summed E-state index contributed by atoms with van der Waals surface area (Å²) in [5.74, 6) is -14.9. The third kappa shape index (κ3) is 1.83. The van der Waals surface area contributed by atoms with Crippen LogP contribution in [0.4, 0.5) is 26.3 Å². The highest BCUT2D eigenvalue weighted by molar-refractivity contribution is 5.45. The Balaban J connectivity index is 1.84. The number of nitrogens with zero attached hydrogens (tertiary/aromatic N) is 1. The van der Waals surface area contributed by atoms with E-state index in [0.29, 0.717) is 0 Å². The van der Waals surface area contributed by atoms with Gasteiger partial charge in [0.15, 0.2) is 0 Å². The Morgan fingerprint density at radius 3 is 1.76 bits per heavy atom. The predicted molar refractivity (Wildman–Crippen MR) is 63.6 cm³/mol. The molecule has 1 nitrogen and oxygen atoms in total. The number of hydrogen-bond acceptors (Lipinski definition) is 1. The van der Waals surface area contributed by atoms with Crippen LogP contribution in [0, 0.1) is 0 Å². The molecule has 1 aromatic rings. The third-order valence-corrected chi connectivity index (χ3v) is 3.92. The maximum absolute atomic E-state index is 13.6. The van der Waals surface area contributed by atoms with Crippen molar-refractivity contribution in [3.05, 3.63) is 47.0 Å². The van der Waals surface area contributed by atoms with Gasteiger partial charge in [-0.1, -0.05) is 30.3 Å². The quantitative estimate of drug-likeness (QED) is 0.594. The third-order valence-electron chi connectivity index (χ3n) is 3.92. The number of rotatable bonds is 2. The van der Waals surface area contributed by atoms with Gasteiger partial charge in [-0.15, -0.1) is 0 Å². The molecule has 0 fully saturated rings. The van der Waals surface area contributed by atoms with Crippen LogP contribution in [0.5, 0.6) is 0 Å². The van der Waals surface area contributed by atoms with Crippen LogP contribution in [-0.2, 0) is 6.54 Å². The van der Waals surface area contributed by atoms with Crippen LogP contribution >= 0.6 is 0 Å². The molecule has 21 heavy (non-hydrogen) atoms. The van der Waals surface area contributed by atoms with Crippen LogP contribution in [-0.4, -0.2) is 35.8 Å². The summed E-state index contributed by atoms with van der Waals surface area (Å²) in [5, 5.41) is 0. The Kier molecular flexibility index (Phi) is 2.92. The Labute approximate surface area is 116 Å². The van der Waals surface area contributed by atoms with E-state index in [0.717, 1.165) is 5.56 Å². The van der Waals surface area contributed by atoms with Gasteiger partial charge < -0.3 is 0 Å². The van der Waals surface area contributed by atoms with Crippen molar-refractivity contribution in [2.45, 2.75) is 24.3 Å². The molecule has 1 aliphatic heterocycles.